The van der Waals surface area contributed by atoms with Crippen LogP contribution in [0.2, 0.25) is 0 Å². The third-order valence-corrected chi connectivity index (χ3v) is 10.4. The van der Waals surface area contributed by atoms with Crippen LogP contribution in [0.4, 0.5) is 0 Å². The minimum atomic E-state index is -1.03. The molecule has 4 aliphatic rings. The molecule has 0 saturated heterocycles. The number of aliphatic hydroxyl groups is 2. The number of carboxylic acid groups (broad SMARTS) is 1. The summed E-state index contributed by atoms with van der Waals surface area (Å²) in [7, 11) is 0. The third-order valence-electron chi connectivity index (χ3n) is 10.4. The zero-order chi connectivity index (χ0) is 22.6. The smallest absolute Gasteiger partial charge is 0.322 e. The quantitative estimate of drug-likeness (QED) is 0.531. The Kier molecular flexibility index (Phi) is 6.19. The van der Waals surface area contributed by atoms with Gasteiger partial charge in [-0.25, -0.2) is 0 Å². The number of carbonyl (C=O) groups excluding carboxylic acids is 1. The number of nitrogens with one attached hydrogen (secondary N) is 1. The maximum Gasteiger partial charge on any atom is 0.322 e. The van der Waals surface area contributed by atoms with E-state index in [-0.39, 0.29) is 47.3 Å². The van der Waals surface area contributed by atoms with Gasteiger partial charge in [0.25, 0.3) is 0 Å². The zero-order valence-electron chi connectivity index (χ0n) is 19.3. The molecule has 0 heterocycles. The van der Waals surface area contributed by atoms with Gasteiger partial charge in [0.2, 0.25) is 5.91 Å². The molecule has 0 bridgehead atoms. The van der Waals surface area contributed by atoms with Crippen LogP contribution < -0.4 is 5.32 Å². The van der Waals surface area contributed by atoms with Crippen molar-refractivity contribution in [3.63, 3.8) is 0 Å². The first kappa shape index (κ1) is 23.0. The highest BCUT2D eigenvalue weighted by atomic mass is 16.4. The summed E-state index contributed by atoms with van der Waals surface area (Å²) in [4.78, 5) is 23.0. The van der Waals surface area contributed by atoms with E-state index in [4.69, 9.17) is 5.11 Å². The van der Waals surface area contributed by atoms with Crippen LogP contribution in [0.5, 0.6) is 0 Å². The van der Waals surface area contributed by atoms with E-state index in [0.717, 1.165) is 38.5 Å². The molecule has 4 rings (SSSR count). The summed E-state index contributed by atoms with van der Waals surface area (Å²) >= 11 is 0. The van der Waals surface area contributed by atoms with Crippen molar-refractivity contribution in [2.24, 2.45) is 46.3 Å². The summed E-state index contributed by atoms with van der Waals surface area (Å²) < 4.78 is 0. The van der Waals surface area contributed by atoms with Gasteiger partial charge in [0, 0.05) is 6.42 Å². The summed E-state index contributed by atoms with van der Waals surface area (Å²) in [5.41, 5.74) is 0.0515. The standard InChI is InChI=1S/C25H41NO5/c1-14(10-22(29)26-13-23(30)31)18-6-7-19-17-5-4-15-11-16(27)8-9-24(15,2)20(17)12-21(28)25(18,19)3/h14-21,27-28H,4-13H2,1-3H3,(H,26,29)(H,30,31)/t14-,15-,16-,17?,18-,19?,20?,21+,24+,25-/m1/s1. The number of carboxylic acids is 1. The Bertz CT molecular complexity index is 712. The van der Waals surface area contributed by atoms with E-state index in [1.54, 1.807) is 0 Å². The van der Waals surface area contributed by atoms with Crippen LogP contribution in [-0.4, -0.2) is 45.9 Å². The van der Waals surface area contributed by atoms with Crippen molar-refractivity contribution in [2.75, 3.05) is 6.54 Å². The highest BCUT2D eigenvalue weighted by Gasteiger charge is 2.63. The second kappa shape index (κ2) is 8.33. The van der Waals surface area contributed by atoms with Gasteiger partial charge >= 0.3 is 5.97 Å². The predicted octanol–water partition coefficient (Wildman–Crippen LogP) is 3.20. The Morgan fingerprint density at radius 1 is 1.03 bits per heavy atom. The molecule has 31 heavy (non-hydrogen) atoms. The Hall–Kier alpha value is -1.14. The van der Waals surface area contributed by atoms with E-state index in [1.807, 2.05) is 0 Å². The first-order valence-electron chi connectivity index (χ1n) is 12.4. The molecule has 0 aromatic carbocycles. The van der Waals surface area contributed by atoms with E-state index in [1.165, 1.54) is 12.8 Å². The van der Waals surface area contributed by atoms with Crippen LogP contribution in [0.25, 0.3) is 0 Å². The molecule has 6 nitrogen and oxygen atoms in total. The van der Waals surface area contributed by atoms with Gasteiger partial charge in [0.1, 0.15) is 6.54 Å². The highest BCUT2D eigenvalue weighted by molar-refractivity contribution is 5.81. The van der Waals surface area contributed by atoms with E-state index >= 15 is 0 Å². The number of carbonyl (C=O) groups is 2. The van der Waals surface area contributed by atoms with Crippen molar-refractivity contribution in [2.45, 2.75) is 90.8 Å². The van der Waals surface area contributed by atoms with Gasteiger partial charge in [0.15, 0.2) is 0 Å². The minimum Gasteiger partial charge on any atom is -0.480 e. The summed E-state index contributed by atoms with van der Waals surface area (Å²) in [6, 6.07) is 0. The van der Waals surface area contributed by atoms with E-state index in [9.17, 15) is 19.8 Å². The average Bonchev–Trinajstić information content (AvgIpc) is 3.07. The fourth-order valence-corrected chi connectivity index (χ4v) is 8.84. The van der Waals surface area contributed by atoms with Crippen molar-refractivity contribution >= 4 is 11.9 Å². The molecular weight excluding hydrogens is 394 g/mol. The highest BCUT2D eigenvalue weighted by Crippen LogP contribution is 2.68. The number of fused-ring (bicyclic) bond motifs is 5. The van der Waals surface area contributed by atoms with Crippen molar-refractivity contribution in [1.82, 2.24) is 5.32 Å². The lowest BCUT2D eigenvalue weighted by Gasteiger charge is -2.62. The molecule has 0 aromatic heterocycles. The van der Waals surface area contributed by atoms with Crippen molar-refractivity contribution in [3.8, 4) is 0 Å². The summed E-state index contributed by atoms with van der Waals surface area (Å²) in [6.07, 6.45) is 8.06. The maximum absolute atomic E-state index is 12.3. The Morgan fingerprint density at radius 2 is 1.77 bits per heavy atom. The molecule has 4 aliphatic carbocycles. The molecule has 3 unspecified atom stereocenters. The Labute approximate surface area is 186 Å². The second-order valence-corrected chi connectivity index (χ2v) is 11.7. The fraction of sp³-hybridized carbons (Fsp3) is 0.920. The Morgan fingerprint density at radius 3 is 2.48 bits per heavy atom. The number of hydrogen-bond donors (Lipinski definition) is 4. The number of aliphatic hydroxyl groups excluding tert-OH is 2. The van der Waals surface area contributed by atoms with Gasteiger partial charge in [-0.3, -0.25) is 9.59 Å². The van der Waals surface area contributed by atoms with Gasteiger partial charge in [-0.2, -0.15) is 0 Å². The summed E-state index contributed by atoms with van der Waals surface area (Å²) in [5, 5.41) is 33.1. The van der Waals surface area contributed by atoms with Gasteiger partial charge < -0.3 is 20.6 Å². The molecule has 4 saturated carbocycles. The van der Waals surface area contributed by atoms with Crippen LogP contribution in [0.1, 0.15) is 78.6 Å². The largest absolute Gasteiger partial charge is 0.480 e. The first-order valence-corrected chi connectivity index (χ1v) is 12.4. The molecule has 0 aliphatic heterocycles. The lowest BCUT2D eigenvalue weighted by molar-refractivity contribution is -0.175. The van der Waals surface area contributed by atoms with Crippen LogP contribution >= 0.6 is 0 Å². The van der Waals surface area contributed by atoms with Crippen molar-refractivity contribution in [1.29, 1.82) is 0 Å². The molecule has 10 atom stereocenters. The van der Waals surface area contributed by atoms with Crippen LogP contribution in [-0.2, 0) is 9.59 Å². The van der Waals surface area contributed by atoms with Gasteiger partial charge in [-0.15, -0.1) is 0 Å². The van der Waals surface area contributed by atoms with Crippen molar-refractivity contribution < 1.29 is 24.9 Å². The van der Waals surface area contributed by atoms with Gasteiger partial charge in [-0.1, -0.05) is 20.8 Å². The second-order valence-electron chi connectivity index (χ2n) is 11.7. The molecule has 1 amide bonds. The van der Waals surface area contributed by atoms with E-state index in [0.29, 0.717) is 30.1 Å². The fourth-order valence-electron chi connectivity index (χ4n) is 8.84. The lowest BCUT2D eigenvalue weighted by Crippen LogP contribution is -2.58. The van der Waals surface area contributed by atoms with Crippen molar-refractivity contribution in [3.05, 3.63) is 0 Å². The molecule has 0 radical (unpaired) electrons. The summed E-state index contributed by atoms with van der Waals surface area (Å²) in [5.74, 6) is 1.38. The summed E-state index contributed by atoms with van der Waals surface area (Å²) in [6.45, 7) is 6.45. The average molecular weight is 436 g/mol. The van der Waals surface area contributed by atoms with Gasteiger partial charge in [0.05, 0.1) is 12.2 Å². The minimum absolute atomic E-state index is 0.117. The molecule has 4 N–H and O–H groups in total. The number of hydrogen-bond acceptors (Lipinski definition) is 4. The molecule has 176 valence electrons. The third kappa shape index (κ3) is 3.82. The normalized spacial score (nSPS) is 47.6. The number of aliphatic carboxylic acids is 1. The lowest BCUT2D eigenvalue weighted by atomic mass is 9.43. The number of rotatable bonds is 5. The molecule has 0 spiro atoms. The molecule has 0 aromatic rings. The predicted molar refractivity (Wildman–Crippen MR) is 117 cm³/mol. The van der Waals surface area contributed by atoms with Crippen LogP contribution in [0, 0.1) is 46.3 Å². The maximum atomic E-state index is 12.3. The van der Waals surface area contributed by atoms with E-state index in [2.05, 4.69) is 26.1 Å². The van der Waals surface area contributed by atoms with Gasteiger partial charge in [-0.05, 0) is 97.7 Å². The molecule has 6 heteroatoms. The topological polar surface area (TPSA) is 107 Å². The SMILES string of the molecule is C[C@H](CC(=O)NCC(=O)O)[C@H]1CCC2C3CC[C@@H]4C[C@H](O)CC[C@]4(C)C3C[C@H](O)[C@@]21C. The first-order chi connectivity index (χ1) is 14.6. The molecule has 4 fully saturated rings. The molecular formula is C25H41NO5. The van der Waals surface area contributed by atoms with Crippen LogP contribution in [0.15, 0.2) is 0 Å². The zero-order valence-corrected chi connectivity index (χ0v) is 19.3. The monoisotopic (exact) mass is 435 g/mol. The number of amides is 1. The Balaban J connectivity index is 1.50. The van der Waals surface area contributed by atoms with Crippen LogP contribution in [0.3, 0.4) is 0 Å². The van der Waals surface area contributed by atoms with E-state index < -0.39 is 5.97 Å².